The van der Waals surface area contributed by atoms with Gasteiger partial charge in [-0.15, -0.1) is 0 Å². The predicted octanol–water partition coefficient (Wildman–Crippen LogP) is 5.28. The van der Waals surface area contributed by atoms with Crippen LogP contribution >= 0.6 is 11.6 Å². The molecule has 220 valence electrons. The van der Waals surface area contributed by atoms with Gasteiger partial charge in [0.25, 0.3) is 0 Å². The Kier molecular flexibility index (Phi) is 7.09. The summed E-state index contributed by atoms with van der Waals surface area (Å²) in [7, 11) is 0. The summed E-state index contributed by atoms with van der Waals surface area (Å²) >= 11 is 6.93. The zero-order chi connectivity index (χ0) is 30.0. The molecule has 6 rings (SSSR count). The normalized spacial score (nSPS) is 20.1. The van der Waals surface area contributed by atoms with Crippen molar-refractivity contribution < 1.29 is 9.18 Å². The SMILES string of the molecule is C=CC(=O)N1C[C@H](C)N(c2nc(C3CN(C(C)C)C3)nc3c(F)c(-c4c(C)ccc5[nH]nc(N)c45)c(Cl)cc23)C[C@H]1C. The summed E-state index contributed by atoms with van der Waals surface area (Å²) in [5.41, 5.74) is 8.82. The quantitative estimate of drug-likeness (QED) is 0.305. The van der Waals surface area contributed by atoms with Crippen molar-refractivity contribution in [2.24, 2.45) is 0 Å². The van der Waals surface area contributed by atoms with E-state index in [2.05, 4.69) is 40.4 Å². The first kappa shape index (κ1) is 28.4. The summed E-state index contributed by atoms with van der Waals surface area (Å²) < 4.78 is 16.9. The van der Waals surface area contributed by atoms with E-state index >= 15 is 4.39 Å². The number of nitrogens with zero attached hydrogens (tertiary/aromatic N) is 6. The number of piperazine rings is 1. The van der Waals surface area contributed by atoms with E-state index in [0.717, 1.165) is 18.7 Å². The number of likely N-dealkylation sites (tertiary alicyclic amines) is 1. The summed E-state index contributed by atoms with van der Waals surface area (Å²) in [5, 5.41) is 8.48. The third-order valence-electron chi connectivity index (χ3n) is 8.82. The van der Waals surface area contributed by atoms with Crippen LogP contribution < -0.4 is 10.6 Å². The zero-order valence-electron chi connectivity index (χ0n) is 24.6. The number of hydrogen-bond acceptors (Lipinski definition) is 7. The van der Waals surface area contributed by atoms with Crippen LogP contribution in [0.4, 0.5) is 16.0 Å². The van der Waals surface area contributed by atoms with E-state index in [9.17, 15) is 4.79 Å². The number of hydrogen-bond donors (Lipinski definition) is 2. The molecule has 42 heavy (non-hydrogen) atoms. The molecule has 2 fully saturated rings. The molecule has 2 aromatic carbocycles. The van der Waals surface area contributed by atoms with Gasteiger partial charge in [0.15, 0.2) is 11.6 Å². The minimum absolute atomic E-state index is 0.0761. The van der Waals surface area contributed by atoms with Gasteiger partial charge in [0.2, 0.25) is 5.91 Å². The number of nitrogens with one attached hydrogen (secondary N) is 1. The molecule has 2 aromatic heterocycles. The van der Waals surface area contributed by atoms with Gasteiger partial charge in [-0.05, 0) is 58.4 Å². The van der Waals surface area contributed by atoms with Crippen LogP contribution in [0.25, 0.3) is 32.9 Å². The minimum Gasteiger partial charge on any atom is -0.382 e. The van der Waals surface area contributed by atoms with Crippen molar-refractivity contribution in [1.29, 1.82) is 0 Å². The second-order valence-electron chi connectivity index (χ2n) is 11.9. The topological polar surface area (TPSA) is 107 Å². The highest BCUT2D eigenvalue weighted by molar-refractivity contribution is 6.35. The molecule has 2 aliphatic rings. The van der Waals surface area contributed by atoms with E-state index < -0.39 is 5.82 Å². The van der Waals surface area contributed by atoms with Gasteiger partial charge in [0.1, 0.15) is 17.2 Å². The monoisotopic (exact) mass is 590 g/mol. The van der Waals surface area contributed by atoms with Crippen LogP contribution in [0.1, 0.15) is 45.0 Å². The highest BCUT2D eigenvalue weighted by Crippen LogP contribution is 2.44. The predicted molar refractivity (Wildman–Crippen MR) is 166 cm³/mol. The minimum atomic E-state index is -0.514. The average molecular weight is 591 g/mol. The number of H-pyrrole nitrogens is 1. The van der Waals surface area contributed by atoms with Gasteiger partial charge in [0.05, 0.1) is 15.9 Å². The number of rotatable bonds is 5. The van der Waals surface area contributed by atoms with E-state index in [-0.39, 0.29) is 45.8 Å². The van der Waals surface area contributed by atoms with Gasteiger partial charge >= 0.3 is 0 Å². The number of amides is 1. The van der Waals surface area contributed by atoms with E-state index in [0.29, 0.717) is 52.6 Å². The fourth-order valence-electron chi connectivity index (χ4n) is 6.34. The average Bonchev–Trinajstić information content (AvgIpc) is 3.30. The maximum absolute atomic E-state index is 16.9. The lowest BCUT2D eigenvalue weighted by atomic mass is 9.94. The molecule has 4 heterocycles. The molecule has 0 spiro atoms. The van der Waals surface area contributed by atoms with Gasteiger partial charge in [-0.25, -0.2) is 14.4 Å². The summed E-state index contributed by atoms with van der Waals surface area (Å²) in [5.74, 6) is 0.991. The highest BCUT2D eigenvalue weighted by atomic mass is 35.5. The van der Waals surface area contributed by atoms with Crippen LogP contribution in [0.15, 0.2) is 30.9 Å². The molecule has 0 unspecified atom stereocenters. The maximum Gasteiger partial charge on any atom is 0.246 e. The molecule has 2 atom stereocenters. The van der Waals surface area contributed by atoms with Crippen molar-refractivity contribution in [2.75, 3.05) is 36.8 Å². The number of aryl methyl sites for hydroxylation is 1. The number of carbonyl (C=O) groups excluding carboxylic acids is 1. The summed E-state index contributed by atoms with van der Waals surface area (Å²) in [6.45, 7) is 16.6. The first-order valence-corrected chi connectivity index (χ1v) is 14.7. The lowest BCUT2D eigenvalue weighted by Gasteiger charge is -2.45. The molecule has 9 nitrogen and oxygen atoms in total. The molecule has 11 heteroatoms. The van der Waals surface area contributed by atoms with Crippen LogP contribution in [0.3, 0.4) is 0 Å². The smallest absolute Gasteiger partial charge is 0.246 e. The summed E-state index contributed by atoms with van der Waals surface area (Å²) in [4.78, 5) is 28.8. The van der Waals surface area contributed by atoms with Crippen molar-refractivity contribution in [3.8, 4) is 11.1 Å². The Bertz CT molecular complexity index is 1730. The Morgan fingerprint density at radius 3 is 2.60 bits per heavy atom. The number of carbonyl (C=O) groups is 1. The third kappa shape index (κ3) is 4.48. The number of nitrogens with two attached hydrogens (primary N) is 1. The molecule has 4 aromatic rings. The lowest BCUT2D eigenvalue weighted by molar-refractivity contribution is -0.128. The van der Waals surface area contributed by atoms with Crippen molar-refractivity contribution in [3.05, 3.63) is 53.1 Å². The molecule has 3 N–H and O–H groups in total. The van der Waals surface area contributed by atoms with Gasteiger partial charge in [0, 0.05) is 66.7 Å². The van der Waals surface area contributed by atoms with Crippen molar-refractivity contribution in [2.45, 2.75) is 58.7 Å². The van der Waals surface area contributed by atoms with E-state index in [1.807, 2.05) is 37.8 Å². The fraction of sp³-hybridized carbons (Fsp3) is 0.419. The summed E-state index contributed by atoms with van der Waals surface area (Å²) in [6, 6.07) is 5.77. The Morgan fingerprint density at radius 2 is 1.90 bits per heavy atom. The first-order valence-electron chi connectivity index (χ1n) is 14.4. The highest BCUT2D eigenvalue weighted by Gasteiger charge is 2.37. The first-order chi connectivity index (χ1) is 20.0. The molecular formula is C31H36ClFN8O. The van der Waals surface area contributed by atoms with Crippen LogP contribution in [0.5, 0.6) is 0 Å². The number of aromatic nitrogens is 4. The molecule has 2 aliphatic heterocycles. The molecule has 0 radical (unpaired) electrons. The second kappa shape index (κ2) is 10.5. The van der Waals surface area contributed by atoms with E-state index in [4.69, 9.17) is 27.3 Å². The number of halogens is 2. The second-order valence-corrected chi connectivity index (χ2v) is 12.3. The van der Waals surface area contributed by atoms with E-state index in [1.165, 1.54) is 6.08 Å². The fourth-order valence-corrected chi connectivity index (χ4v) is 6.62. The van der Waals surface area contributed by atoms with Crippen LogP contribution in [-0.4, -0.2) is 80.2 Å². The zero-order valence-corrected chi connectivity index (χ0v) is 25.3. The Labute approximate surface area is 249 Å². The number of anilines is 2. The number of aromatic amines is 1. The lowest BCUT2D eigenvalue weighted by Crippen LogP contribution is -2.58. The van der Waals surface area contributed by atoms with Crippen LogP contribution in [-0.2, 0) is 4.79 Å². The molecule has 2 saturated heterocycles. The van der Waals surface area contributed by atoms with Gasteiger partial charge in [-0.2, -0.15) is 5.10 Å². The van der Waals surface area contributed by atoms with Gasteiger partial charge < -0.3 is 15.5 Å². The number of nitrogen functional groups attached to an aromatic ring is 1. The Hall–Kier alpha value is -3.76. The van der Waals surface area contributed by atoms with Crippen molar-refractivity contribution in [1.82, 2.24) is 30.0 Å². The summed E-state index contributed by atoms with van der Waals surface area (Å²) in [6.07, 6.45) is 1.35. The van der Waals surface area contributed by atoms with E-state index in [1.54, 1.807) is 6.07 Å². The van der Waals surface area contributed by atoms with Crippen molar-refractivity contribution >= 4 is 50.9 Å². The van der Waals surface area contributed by atoms with Gasteiger partial charge in [-0.1, -0.05) is 24.2 Å². The Morgan fingerprint density at radius 1 is 1.17 bits per heavy atom. The van der Waals surface area contributed by atoms with Crippen LogP contribution in [0.2, 0.25) is 5.02 Å². The van der Waals surface area contributed by atoms with Crippen molar-refractivity contribution in [3.63, 3.8) is 0 Å². The largest absolute Gasteiger partial charge is 0.382 e. The number of fused-ring (bicyclic) bond motifs is 2. The molecule has 0 saturated carbocycles. The maximum atomic E-state index is 16.9. The molecule has 1 amide bonds. The molecule has 0 bridgehead atoms. The number of benzene rings is 2. The van der Waals surface area contributed by atoms with Crippen LogP contribution in [0, 0.1) is 12.7 Å². The third-order valence-corrected chi connectivity index (χ3v) is 9.12. The molecular weight excluding hydrogens is 555 g/mol. The Balaban J connectivity index is 1.55. The molecule has 0 aliphatic carbocycles. The standard InChI is InChI=1S/C31H36ClFN8O/c1-7-23(42)40-11-18(6)41(12-17(40)5)31-20-10-21(32)25(24-16(4)8-9-22-26(24)29(34)38-37-22)27(33)28(20)35-30(36-31)19-13-39(14-19)15(2)3/h7-10,15,17-19H,1,11-14H2,2-6H3,(H3,34,37,38)/t17-,18+/m1/s1. The van der Waals surface area contributed by atoms with Gasteiger partial charge in [-0.3, -0.25) is 14.8 Å².